The molecule has 0 radical (unpaired) electrons. The number of hydrogen-bond acceptors (Lipinski definition) is 7. The van der Waals surface area contributed by atoms with Crippen LogP contribution in [-0.2, 0) is 4.74 Å². The van der Waals surface area contributed by atoms with Gasteiger partial charge in [-0.05, 0) is 12.8 Å². The summed E-state index contributed by atoms with van der Waals surface area (Å²) in [5.41, 5.74) is 0.0268. The van der Waals surface area contributed by atoms with Gasteiger partial charge >= 0.3 is 5.69 Å². The van der Waals surface area contributed by atoms with Crippen molar-refractivity contribution in [3.05, 3.63) is 21.7 Å². The van der Waals surface area contributed by atoms with Gasteiger partial charge in [0, 0.05) is 26.2 Å². The number of ether oxygens (including phenoxy) is 1. The first-order chi connectivity index (χ1) is 12.5. The molecule has 1 aromatic heterocycles. The zero-order chi connectivity index (χ0) is 18.7. The highest BCUT2D eigenvalue weighted by Crippen LogP contribution is 2.31. The minimum atomic E-state index is -0.521. The van der Waals surface area contributed by atoms with Gasteiger partial charge in [0.2, 0.25) is 5.82 Å². The highest BCUT2D eigenvalue weighted by molar-refractivity contribution is 6.00. The number of hydrogen-bond donors (Lipinski definition) is 2. The van der Waals surface area contributed by atoms with E-state index < -0.39 is 4.92 Å². The molecule has 1 amide bonds. The lowest BCUT2D eigenvalue weighted by Gasteiger charge is -2.36. The molecule has 1 saturated heterocycles. The first-order valence-electron chi connectivity index (χ1n) is 9.00. The van der Waals surface area contributed by atoms with Gasteiger partial charge in [-0.2, -0.15) is 0 Å². The van der Waals surface area contributed by atoms with E-state index in [2.05, 4.69) is 15.6 Å². The number of nitrogens with one attached hydrogen (secondary N) is 2. The molecule has 0 bridgehead atoms. The SMILES string of the molecule is CNc1nc(N(C)C2COC2)c(C(=O)NC2CCCCC2)cc1[N+](=O)[O-]. The Morgan fingerprint density at radius 1 is 1.35 bits per heavy atom. The standard InChI is InChI=1S/C17H25N5O4/c1-18-15-14(22(24)25)8-13(16(20-15)21(2)12-9-26-10-12)17(23)19-11-6-4-3-5-7-11/h8,11-12H,3-7,9-10H2,1-2H3,(H,18,20)(H,19,23). The lowest BCUT2D eigenvalue weighted by atomic mass is 9.95. The molecule has 9 nitrogen and oxygen atoms in total. The third kappa shape index (κ3) is 3.72. The van der Waals surface area contributed by atoms with Gasteiger partial charge in [0.15, 0.2) is 0 Å². The quantitative estimate of drug-likeness (QED) is 0.587. The Balaban J connectivity index is 1.94. The minimum absolute atomic E-state index is 0.106. The van der Waals surface area contributed by atoms with Crippen molar-refractivity contribution < 1.29 is 14.5 Å². The van der Waals surface area contributed by atoms with Crippen LogP contribution in [-0.4, -0.2) is 55.2 Å². The molecule has 2 aliphatic rings. The third-order valence-electron chi connectivity index (χ3n) is 5.10. The third-order valence-corrected chi connectivity index (χ3v) is 5.10. The molecule has 26 heavy (non-hydrogen) atoms. The van der Waals surface area contributed by atoms with Crippen LogP contribution in [0.2, 0.25) is 0 Å². The van der Waals surface area contributed by atoms with Crippen molar-refractivity contribution in [3.8, 4) is 0 Å². The molecule has 3 rings (SSSR count). The van der Waals surface area contributed by atoms with E-state index in [1.165, 1.54) is 12.5 Å². The lowest BCUT2D eigenvalue weighted by molar-refractivity contribution is -0.384. The smallest absolute Gasteiger partial charge is 0.312 e. The van der Waals surface area contributed by atoms with E-state index in [0.29, 0.717) is 19.0 Å². The van der Waals surface area contributed by atoms with Gasteiger partial charge in [0.25, 0.3) is 5.91 Å². The average molecular weight is 363 g/mol. The van der Waals surface area contributed by atoms with Gasteiger partial charge in [0.05, 0.1) is 29.7 Å². The van der Waals surface area contributed by atoms with E-state index in [9.17, 15) is 14.9 Å². The van der Waals surface area contributed by atoms with Crippen LogP contribution in [0, 0.1) is 10.1 Å². The summed E-state index contributed by atoms with van der Waals surface area (Å²) in [6, 6.07) is 1.54. The summed E-state index contributed by atoms with van der Waals surface area (Å²) in [4.78, 5) is 30.0. The van der Waals surface area contributed by atoms with Crippen molar-refractivity contribution in [2.75, 3.05) is 37.5 Å². The molecule has 142 valence electrons. The van der Waals surface area contributed by atoms with Gasteiger partial charge in [-0.15, -0.1) is 0 Å². The molecule has 0 unspecified atom stereocenters. The topological polar surface area (TPSA) is 110 Å². The monoisotopic (exact) mass is 363 g/mol. The molecule has 0 atom stereocenters. The summed E-state index contributed by atoms with van der Waals surface area (Å²) in [5, 5.41) is 17.2. The predicted octanol–water partition coefficient (Wildman–Crippen LogP) is 1.93. The van der Waals surface area contributed by atoms with Crippen molar-refractivity contribution in [1.29, 1.82) is 0 Å². The number of amides is 1. The molecular formula is C17H25N5O4. The van der Waals surface area contributed by atoms with E-state index in [1.54, 1.807) is 7.05 Å². The lowest BCUT2D eigenvalue weighted by Crippen LogP contribution is -2.48. The number of carbonyl (C=O) groups excluding carboxylic acids is 1. The molecule has 1 saturated carbocycles. The van der Waals surface area contributed by atoms with Crippen LogP contribution in [0.5, 0.6) is 0 Å². The summed E-state index contributed by atoms with van der Waals surface area (Å²) in [6.07, 6.45) is 5.25. The first kappa shape index (κ1) is 18.4. The van der Waals surface area contributed by atoms with E-state index in [0.717, 1.165) is 25.7 Å². The Bertz CT molecular complexity index is 686. The Hall–Kier alpha value is -2.42. The Kier molecular flexibility index (Phi) is 5.55. The van der Waals surface area contributed by atoms with Crippen LogP contribution in [0.4, 0.5) is 17.3 Å². The number of rotatable bonds is 6. The number of anilines is 2. The molecule has 0 spiro atoms. The van der Waals surface area contributed by atoms with Crippen LogP contribution < -0.4 is 15.5 Å². The number of likely N-dealkylation sites (N-methyl/N-ethyl adjacent to an activating group) is 1. The van der Waals surface area contributed by atoms with Crippen molar-refractivity contribution >= 4 is 23.2 Å². The fraction of sp³-hybridized carbons (Fsp3) is 0.647. The number of pyridine rings is 1. The van der Waals surface area contributed by atoms with E-state index in [4.69, 9.17) is 4.74 Å². The molecular weight excluding hydrogens is 338 g/mol. The minimum Gasteiger partial charge on any atom is -0.377 e. The Morgan fingerprint density at radius 2 is 2.04 bits per heavy atom. The van der Waals surface area contributed by atoms with Crippen LogP contribution in [0.3, 0.4) is 0 Å². The largest absolute Gasteiger partial charge is 0.377 e. The van der Waals surface area contributed by atoms with E-state index in [-0.39, 0.29) is 35.1 Å². The van der Waals surface area contributed by atoms with Crippen LogP contribution in [0.15, 0.2) is 6.07 Å². The van der Waals surface area contributed by atoms with Crippen molar-refractivity contribution in [2.45, 2.75) is 44.2 Å². The molecule has 0 aromatic carbocycles. The molecule has 1 aromatic rings. The summed E-state index contributed by atoms with van der Waals surface area (Å²) in [7, 11) is 3.41. The van der Waals surface area contributed by atoms with Gasteiger partial charge in [-0.25, -0.2) is 4.98 Å². The zero-order valence-electron chi connectivity index (χ0n) is 15.2. The molecule has 2 fully saturated rings. The summed E-state index contributed by atoms with van der Waals surface area (Å²) >= 11 is 0. The van der Waals surface area contributed by atoms with Gasteiger partial charge in [0.1, 0.15) is 5.82 Å². The maximum Gasteiger partial charge on any atom is 0.312 e. The second-order valence-corrected chi connectivity index (χ2v) is 6.84. The number of nitrogens with zero attached hydrogens (tertiary/aromatic N) is 3. The second kappa shape index (κ2) is 7.86. The molecule has 9 heteroatoms. The van der Waals surface area contributed by atoms with Crippen LogP contribution in [0.1, 0.15) is 42.5 Å². The second-order valence-electron chi connectivity index (χ2n) is 6.84. The van der Waals surface area contributed by atoms with Crippen LogP contribution in [0.25, 0.3) is 0 Å². The fourth-order valence-electron chi connectivity index (χ4n) is 3.38. The summed E-state index contributed by atoms with van der Waals surface area (Å²) < 4.78 is 5.22. The highest BCUT2D eigenvalue weighted by atomic mass is 16.6. The molecule has 2 N–H and O–H groups in total. The van der Waals surface area contributed by atoms with Crippen molar-refractivity contribution in [2.24, 2.45) is 0 Å². The van der Waals surface area contributed by atoms with Gasteiger partial charge < -0.3 is 20.3 Å². The predicted molar refractivity (Wildman–Crippen MR) is 97.8 cm³/mol. The van der Waals surface area contributed by atoms with E-state index in [1.807, 2.05) is 11.9 Å². The molecule has 1 aliphatic heterocycles. The number of aromatic nitrogens is 1. The number of nitro groups is 1. The molecule has 2 heterocycles. The maximum absolute atomic E-state index is 12.9. The zero-order valence-corrected chi connectivity index (χ0v) is 15.2. The summed E-state index contributed by atoms with van der Waals surface area (Å²) in [6.45, 7) is 1.10. The van der Waals surface area contributed by atoms with Crippen LogP contribution >= 0.6 is 0 Å². The fourth-order valence-corrected chi connectivity index (χ4v) is 3.38. The Morgan fingerprint density at radius 3 is 2.58 bits per heavy atom. The van der Waals surface area contributed by atoms with Gasteiger partial charge in [-0.3, -0.25) is 14.9 Å². The van der Waals surface area contributed by atoms with E-state index >= 15 is 0 Å². The van der Waals surface area contributed by atoms with Crippen molar-refractivity contribution in [3.63, 3.8) is 0 Å². The average Bonchev–Trinajstić information content (AvgIpc) is 2.59. The van der Waals surface area contributed by atoms with Crippen molar-refractivity contribution in [1.82, 2.24) is 10.3 Å². The normalized spacial score (nSPS) is 18.1. The Labute approximate surface area is 152 Å². The highest BCUT2D eigenvalue weighted by Gasteiger charge is 2.31. The first-order valence-corrected chi connectivity index (χ1v) is 9.00. The van der Waals surface area contributed by atoms with Gasteiger partial charge in [-0.1, -0.05) is 19.3 Å². The maximum atomic E-state index is 12.9. The molecule has 1 aliphatic carbocycles. The summed E-state index contributed by atoms with van der Waals surface area (Å²) in [5.74, 6) is 0.269. The number of carbonyl (C=O) groups is 1.